The molecule has 0 radical (unpaired) electrons. The highest BCUT2D eigenvalue weighted by molar-refractivity contribution is 7.85. The van der Waals surface area contributed by atoms with E-state index in [1.807, 2.05) is 51.1 Å². The first-order valence-electron chi connectivity index (χ1n) is 7.72. The van der Waals surface area contributed by atoms with E-state index in [1.165, 1.54) is 0 Å². The third-order valence-electron chi connectivity index (χ3n) is 3.61. The van der Waals surface area contributed by atoms with E-state index in [1.54, 1.807) is 18.3 Å². The number of rotatable bonds is 3. The van der Waals surface area contributed by atoms with E-state index in [0.29, 0.717) is 17.0 Å². The van der Waals surface area contributed by atoms with Crippen LogP contribution in [-0.2, 0) is 11.0 Å². The fourth-order valence-electron chi connectivity index (χ4n) is 2.28. The van der Waals surface area contributed by atoms with E-state index in [-0.39, 0.29) is 0 Å². The van der Waals surface area contributed by atoms with Crippen molar-refractivity contribution in [1.29, 1.82) is 0 Å². The lowest BCUT2D eigenvalue weighted by molar-refractivity contribution is 0.459. The summed E-state index contributed by atoms with van der Waals surface area (Å²) in [6, 6.07) is 12.8. The van der Waals surface area contributed by atoms with Crippen molar-refractivity contribution in [2.45, 2.75) is 25.5 Å². The van der Waals surface area contributed by atoms with Gasteiger partial charge in [0.25, 0.3) is 0 Å². The minimum absolute atomic E-state index is 0.414. The van der Waals surface area contributed by atoms with Crippen LogP contribution in [0.15, 0.2) is 51.4 Å². The number of benzene rings is 2. The second kappa shape index (κ2) is 6.61. The highest BCUT2D eigenvalue weighted by Crippen LogP contribution is 2.32. The zero-order valence-electron chi connectivity index (χ0n) is 14.2. The summed E-state index contributed by atoms with van der Waals surface area (Å²) in [5.74, 6) is 0. The summed E-state index contributed by atoms with van der Waals surface area (Å²) in [5.41, 5.74) is 3.39. The third kappa shape index (κ3) is 3.52. The molecule has 0 saturated carbocycles. The third-order valence-corrected chi connectivity index (χ3v) is 4.96. The lowest BCUT2D eigenvalue weighted by Crippen LogP contribution is -2.19. The molecule has 1 atom stereocenters. The number of hydrogen-bond acceptors (Lipinski definition) is 3. The summed E-state index contributed by atoms with van der Waals surface area (Å²) >= 11 is 0. The van der Waals surface area contributed by atoms with Gasteiger partial charge in [-0.15, -0.1) is 0 Å². The summed E-state index contributed by atoms with van der Waals surface area (Å²) in [5, 5.41) is 4.99. The Labute approximate surface area is 148 Å². The summed E-state index contributed by atoms with van der Waals surface area (Å²) in [6.45, 7) is 12.7. The Morgan fingerprint density at radius 1 is 1.24 bits per heavy atom. The SMILES string of the molecule is [C-]#[N+]c1ccc2c(-c3ccccc3/C=N/[S@@](=O)C(C)(C)C)noc2c1. The minimum atomic E-state index is -1.33. The first-order valence-corrected chi connectivity index (χ1v) is 8.83. The smallest absolute Gasteiger partial charge is 0.191 e. The Morgan fingerprint density at radius 2 is 2.00 bits per heavy atom. The Hall–Kier alpha value is -2.78. The molecule has 0 aliphatic heterocycles. The quantitative estimate of drug-likeness (QED) is 0.497. The van der Waals surface area contributed by atoms with E-state index in [0.717, 1.165) is 16.5 Å². The molecule has 3 aromatic rings. The van der Waals surface area contributed by atoms with Gasteiger partial charge in [-0.25, -0.2) is 9.05 Å². The van der Waals surface area contributed by atoms with Crippen LogP contribution in [0, 0.1) is 6.57 Å². The van der Waals surface area contributed by atoms with Crippen LogP contribution < -0.4 is 0 Å². The summed E-state index contributed by atoms with van der Waals surface area (Å²) in [4.78, 5) is 3.40. The van der Waals surface area contributed by atoms with Crippen LogP contribution in [-0.4, -0.2) is 20.3 Å². The zero-order chi connectivity index (χ0) is 18.0. The molecule has 0 aliphatic carbocycles. The van der Waals surface area contributed by atoms with Crippen molar-refractivity contribution in [3.05, 3.63) is 59.4 Å². The van der Waals surface area contributed by atoms with Crippen molar-refractivity contribution in [2.75, 3.05) is 0 Å². The van der Waals surface area contributed by atoms with Crippen molar-refractivity contribution in [3.8, 4) is 11.3 Å². The highest BCUT2D eigenvalue weighted by atomic mass is 32.2. The van der Waals surface area contributed by atoms with E-state index < -0.39 is 15.7 Å². The minimum Gasteiger partial charge on any atom is -0.357 e. The topological polar surface area (TPSA) is 59.8 Å². The molecule has 0 spiro atoms. The zero-order valence-corrected chi connectivity index (χ0v) is 15.0. The molecule has 2 aromatic carbocycles. The van der Waals surface area contributed by atoms with E-state index in [2.05, 4.69) is 14.4 Å². The Balaban J connectivity index is 2.06. The van der Waals surface area contributed by atoms with Gasteiger partial charge in [0.2, 0.25) is 0 Å². The molecule has 3 rings (SSSR count). The van der Waals surface area contributed by atoms with Crippen molar-refractivity contribution < 1.29 is 8.73 Å². The van der Waals surface area contributed by atoms with Crippen LogP contribution >= 0.6 is 0 Å². The van der Waals surface area contributed by atoms with Crippen LogP contribution in [0.25, 0.3) is 27.1 Å². The molecule has 25 heavy (non-hydrogen) atoms. The average molecular weight is 351 g/mol. The number of fused-ring (bicyclic) bond motifs is 1. The van der Waals surface area contributed by atoms with Crippen LogP contribution in [0.2, 0.25) is 0 Å². The average Bonchev–Trinajstić information content (AvgIpc) is 3.01. The second-order valence-electron chi connectivity index (χ2n) is 6.51. The van der Waals surface area contributed by atoms with Gasteiger partial charge in [-0.2, -0.15) is 4.40 Å². The van der Waals surface area contributed by atoms with Crippen molar-refractivity contribution in [1.82, 2.24) is 5.16 Å². The van der Waals surface area contributed by atoms with Gasteiger partial charge in [0.1, 0.15) is 16.7 Å². The van der Waals surface area contributed by atoms with Gasteiger partial charge in [0.15, 0.2) is 11.3 Å². The maximum atomic E-state index is 12.2. The van der Waals surface area contributed by atoms with Crippen molar-refractivity contribution in [3.63, 3.8) is 0 Å². The van der Waals surface area contributed by atoms with Crippen LogP contribution in [0.1, 0.15) is 26.3 Å². The lowest BCUT2D eigenvalue weighted by Gasteiger charge is -2.12. The van der Waals surface area contributed by atoms with Crippen molar-refractivity contribution in [2.24, 2.45) is 4.40 Å². The molecule has 0 unspecified atom stereocenters. The molecule has 0 N–H and O–H groups in total. The largest absolute Gasteiger partial charge is 0.357 e. The predicted octanol–water partition coefficient (Wildman–Crippen LogP) is 4.93. The van der Waals surface area contributed by atoms with Crippen LogP contribution in [0.3, 0.4) is 0 Å². The number of nitrogens with zero attached hydrogens (tertiary/aromatic N) is 3. The maximum Gasteiger partial charge on any atom is 0.191 e. The molecule has 0 fully saturated rings. The van der Waals surface area contributed by atoms with Gasteiger partial charge < -0.3 is 4.52 Å². The van der Waals surface area contributed by atoms with E-state index in [4.69, 9.17) is 11.1 Å². The molecular weight excluding hydrogens is 334 g/mol. The molecule has 0 saturated heterocycles. The number of aromatic nitrogens is 1. The maximum absolute atomic E-state index is 12.2. The molecule has 1 heterocycles. The van der Waals surface area contributed by atoms with Gasteiger partial charge in [-0.1, -0.05) is 41.6 Å². The molecule has 0 aliphatic rings. The molecule has 0 amide bonds. The second-order valence-corrected chi connectivity index (χ2v) is 8.44. The molecule has 0 bridgehead atoms. The molecule has 1 aromatic heterocycles. The Kier molecular flexibility index (Phi) is 4.51. The van der Waals surface area contributed by atoms with E-state index in [9.17, 15) is 4.21 Å². The van der Waals surface area contributed by atoms with Gasteiger partial charge in [0, 0.05) is 22.7 Å². The summed E-state index contributed by atoms with van der Waals surface area (Å²) in [7, 11) is -1.33. The lowest BCUT2D eigenvalue weighted by atomic mass is 10.0. The first-order chi connectivity index (χ1) is 11.9. The Bertz CT molecular complexity index is 1020. The standard InChI is InChI=1S/C19H17N3O2S/c1-19(2,3)25(23)21-12-13-7-5-6-8-15(13)18-16-10-9-14(20-4)11-17(16)24-22-18/h5-12H,1-3H3/b21-12+/t25-/m0/s1. The van der Waals surface area contributed by atoms with E-state index >= 15 is 0 Å². The summed E-state index contributed by atoms with van der Waals surface area (Å²) in [6.07, 6.45) is 1.62. The van der Waals surface area contributed by atoms with Crippen molar-refractivity contribution >= 4 is 33.9 Å². The fraction of sp³-hybridized carbons (Fsp3) is 0.211. The number of hydrogen-bond donors (Lipinski definition) is 0. The normalized spacial score (nSPS) is 13.2. The monoisotopic (exact) mass is 351 g/mol. The van der Waals surface area contributed by atoms with Crippen LogP contribution in [0.4, 0.5) is 5.69 Å². The molecule has 5 nitrogen and oxygen atoms in total. The predicted molar refractivity (Wildman–Crippen MR) is 101 cm³/mol. The van der Waals surface area contributed by atoms with Gasteiger partial charge in [-0.3, -0.25) is 0 Å². The summed E-state index contributed by atoms with van der Waals surface area (Å²) < 4.78 is 21.3. The molecule has 6 heteroatoms. The Morgan fingerprint density at radius 3 is 2.72 bits per heavy atom. The van der Waals surface area contributed by atoms with Gasteiger partial charge >= 0.3 is 0 Å². The van der Waals surface area contributed by atoms with Gasteiger partial charge in [0.05, 0.1) is 11.3 Å². The first kappa shape index (κ1) is 17.1. The highest BCUT2D eigenvalue weighted by Gasteiger charge is 2.19. The molecular formula is C19H17N3O2S. The van der Waals surface area contributed by atoms with Gasteiger partial charge in [-0.05, 0) is 26.8 Å². The molecule has 126 valence electrons. The fourth-order valence-corrected chi connectivity index (χ4v) is 2.80. The van der Waals surface area contributed by atoms with Crippen LogP contribution in [0.5, 0.6) is 0 Å².